The van der Waals surface area contributed by atoms with Crippen LogP contribution < -0.4 is 10.7 Å². The number of nitrogens with zero attached hydrogens (tertiary/aromatic N) is 2. The number of aromatic hydroxyl groups is 1. The number of halogens is 3. The highest BCUT2D eigenvalue weighted by atomic mass is 79.9. The van der Waals surface area contributed by atoms with Gasteiger partial charge in [0.05, 0.1) is 16.4 Å². The van der Waals surface area contributed by atoms with Crippen molar-refractivity contribution in [3.63, 3.8) is 0 Å². The van der Waals surface area contributed by atoms with E-state index in [2.05, 4.69) is 36.8 Å². The molecule has 166 valence electrons. The highest BCUT2D eigenvalue weighted by Crippen LogP contribution is 2.30. The second kappa shape index (κ2) is 10.4. The molecule has 0 atom stereocenters. The van der Waals surface area contributed by atoms with Gasteiger partial charge < -0.3 is 10.4 Å². The quantitative estimate of drug-likeness (QED) is 0.173. The lowest BCUT2D eigenvalue weighted by atomic mass is 10.1. The molecule has 0 aliphatic carbocycles. The molecule has 1 aromatic heterocycles. The van der Waals surface area contributed by atoms with Crippen molar-refractivity contribution in [1.29, 1.82) is 0 Å². The lowest BCUT2D eigenvalue weighted by Crippen LogP contribution is -2.17. The first-order valence-corrected chi connectivity index (χ1v) is 11.9. The molecule has 3 aromatic carbocycles. The van der Waals surface area contributed by atoms with Crippen LogP contribution in [0.3, 0.4) is 0 Å². The van der Waals surface area contributed by atoms with Gasteiger partial charge in [0.1, 0.15) is 5.75 Å². The van der Waals surface area contributed by atoms with E-state index in [9.17, 15) is 9.90 Å². The van der Waals surface area contributed by atoms with Gasteiger partial charge in [-0.3, -0.25) is 4.79 Å². The number of phenols is 1. The predicted molar refractivity (Wildman–Crippen MR) is 138 cm³/mol. The molecule has 6 nitrogen and oxygen atoms in total. The maximum atomic E-state index is 12.4. The van der Waals surface area contributed by atoms with Gasteiger partial charge >= 0.3 is 0 Å². The number of hydrogen-bond donors (Lipinski definition) is 3. The van der Waals surface area contributed by atoms with Crippen LogP contribution in [-0.4, -0.2) is 22.2 Å². The molecule has 3 N–H and O–H groups in total. The molecule has 4 aromatic rings. The Morgan fingerprint density at radius 3 is 2.52 bits per heavy atom. The van der Waals surface area contributed by atoms with Crippen LogP contribution in [0.15, 0.2) is 75.6 Å². The Balaban J connectivity index is 1.39. The van der Waals surface area contributed by atoms with Crippen LogP contribution in [0.5, 0.6) is 5.75 Å². The van der Waals surface area contributed by atoms with Crippen molar-refractivity contribution < 1.29 is 9.90 Å². The fourth-order valence-electron chi connectivity index (χ4n) is 2.82. The summed E-state index contributed by atoms with van der Waals surface area (Å²) in [4.78, 5) is 17.0. The predicted octanol–water partition coefficient (Wildman–Crippen LogP) is 7.09. The average Bonchev–Trinajstić information content (AvgIpc) is 3.27. The lowest BCUT2D eigenvalue weighted by Gasteiger charge is -2.04. The second-order valence-corrected chi connectivity index (χ2v) is 9.36. The van der Waals surface area contributed by atoms with Gasteiger partial charge in [-0.2, -0.15) is 5.10 Å². The summed E-state index contributed by atoms with van der Waals surface area (Å²) in [5, 5.41) is 20.9. The van der Waals surface area contributed by atoms with E-state index in [-0.39, 0.29) is 11.7 Å². The van der Waals surface area contributed by atoms with E-state index in [1.165, 1.54) is 23.6 Å². The first kappa shape index (κ1) is 23.3. The molecule has 0 fully saturated rings. The van der Waals surface area contributed by atoms with Crippen LogP contribution in [0.25, 0.3) is 11.3 Å². The smallest absolute Gasteiger partial charge is 0.271 e. The molecule has 33 heavy (non-hydrogen) atoms. The number of hydrogen-bond acceptors (Lipinski definition) is 6. The average molecular weight is 562 g/mol. The van der Waals surface area contributed by atoms with E-state index in [0.29, 0.717) is 25.6 Å². The van der Waals surface area contributed by atoms with Gasteiger partial charge in [-0.05, 0) is 64.5 Å². The minimum absolute atomic E-state index is 0.0186. The van der Waals surface area contributed by atoms with Gasteiger partial charge in [0.25, 0.3) is 5.91 Å². The van der Waals surface area contributed by atoms with Crippen LogP contribution in [0, 0.1) is 0 Å². The van der Waals surface area contributed by atoms with Crippen molar-refractivity contribution in [3.8, 4) is 17.0 Å². The van der Waals surface area contributed by atoms with E-state index in [1.807, 2.05) is 41.8 Å². The molecular weight excluding hydrogens is 547 g/mol. The summed E-state index contributed by atoms with van der Waals surface area (Å²) >= 11 is 16.6. The van der Waals surface area contributed by atoms with Gasteiger partial charge in [-0.15, -0.1) is 11.3 Å². The summed E-state index contributed by atoms with van der Waals surface area (Å²) in [6.07, 6.45) is 1.32. The fourth-order valence-corrected chi connectivity index (χ4v) is 4.52. The number of rotatable bonds is 6. The largest absolute Gasteiger partial charge is 0.506 e. The molecule has 0 aliphatic rings. The number of phenolic OH excluding ortho intramolecular Hbond substituents is 1. The van der Waals surface area contributed by atoms with Crippen LogP contribution in [0.4, 0.5) is 10.8 Å². The third-order valence-electron chi connectivity index (χ3n) is 4.47. The zero-order chi connectivity index (χ0) is 23.4. The molecule has 1 amide bonds. The fraction of sp³-hybridized carbons (Fsp3) is 0. The normalized spacial score (nSPS) is 11.0. The summed E-state index contributed by atoms with van der Waals surface area (Å²) in [5.41, 5.74) is 5.81. The van der Waals surface area contributed by atoms with Gasteiger partial charge in [-0.25, -0.2) is 10.4 Å². The summed E-state index contributed by atoms with van der Waals surface area (Å²) in [7, 11) is 0. The number of aromatic nitrogens is 1. The zero-order valence-corrected chi connectivity index (χ0v) is 20.6. The van der Waals surface area contributed by atoms with Crippen molar-refractivity contribution in [1.82, 2.24) is 10.4 Å². The molecule has 0 saturated carbocycles. The molecule has 4 rings (SSSR count). The second-order valence-electron chi connectivity index (χ2n) is 6.77. The molecule has 0 unspecified atom stereocenters. The van der Waals surface area contributed by atoms with Crippen LogP contribution >= 0.6 is 50.5 Å². The molecule has 0 saturated heterocycles. The van der Waals surface area contributed by atoms with Gasteiger partial charge in [0, 0.05) is 37.8 Å². The van der Waals surface area contributed by atoms with Gasteiger partial charge in [0.15, 0.2) is 5.13 Å². The van der Waals surface area contributed by atoms with E-state index >= 15 is 0 Å². The minimum atomic E-state index is -0.387. The summed E-state index contributed by atoms with van der Waals surface area (Å²) < 4.78 is 0.437. The summed E-state index contributed by atoms with van der Waals surface area (Å²) in [6, 6.07) is 17.5. The van der Waals surface area contributed by atoms with Gasteiger partial charge in [0.2, 0.25) is 0 Å². The molecule has 0 radical (unpaired) electrons. The van der Waals surface area contributed by atoms with E-state index in [0.717, 1.165) is 22.1 Å². The zero-order valence-electron chi connectivity index (χ0n) is 16.7. The Hall–Kier alpha value is -2.91. The van der Waals surface area contributed by atoms with Crippen molar-refractivity contribution in [2.75, 3.05) is 5.32 Å². The van der Waals surface area contributed by atoms with Crippen molar-refractivity contribution in [2.24, 2.45) is 5.10 Å². The topological polar surface area (TPSA) is 86.6 Å². The van der Waals surface area contributed by atoms with Crippen LogP contribution in [0.1, 0.15) is 15.9 Å². The number of amides is 1. The van der Waals surface area contributed by atoms with Crippen molar-refractivity contribution in [2.45, 2.75) is 0 Å². The molecule has 0 spiro atoms. The molecule has 0 aliphatic heterocycles. The van der Waals surface area contributed by atoms with E-state index in [4.69, 9.17) is 23.2 Å². The number of benzene rings is 3. The van der Waals surface area contributed by atoms with E-state index in [1.54, 1.807) is 18.2 Å². The number of nitrogens with one attached hydrogen (secondary N) is 2. The SMILES string of the molecule is O=C(N/N=C\c1cc(Cl)cc(Br)c1O)c1ccc(-c2csc(Nc3ccc(Cl)cc3)n2)cc1. The Morgan fingerprint density at radius 2 is 1.79 bits per heavy atom. The number of thiazole rings is 1. The van der Waals surface area contributed by atoms with Crippen LogP contribution in [0.2, 0.25) is 10.0 Å². The monoisotopic (exact) mass is 560 g/mol. The Bertz CT molecular complexity index is 1330. The molecule has 1 heterocycles. The Morgan fingerprint density at radius 1 is 1.06 bits per heavy atom. The third kappa shape index (κ3) is 5.91. The Labute approximate surface area is 212 Å². The van der Waals surface area contributed by atoms with Crippen LogP contribution in [-0.2, 0) is 0 Å². The van der Waals surface area contributed by atoms with Gasteiger partial charge in [-0.1, -0.05) is 35.3 Å². The number of hydrazone groups is 1. The standard InChI is InChI=1S/C23H15BrCl2N4O2S/c24-19-10-17(26)9-15(21(19)31)11-27-30-22(32)14-3-1-13(2-4-14)20-12-33-23(29-20)28-18-7-5-16(25)6-8-18/h1-12,31H,(H,28,29)(H,30,32)/b27-11-. The Kier molecular flexibility index (Phi) is 7.29. The highest BCUT2D eigenvalue weighted by molar-refractivity contribution is 9.10. The maximum absolute atomic E-state index is 12.4. The maximum Gasteiger partial charge on any atom is 0.271 e. The summed E-state index contributed by atoms with van der Waals surface area (Å²) in [5.74, 6) is -0.406. The third-order valence-corrected chi connectivity index (χ3v) is 6.30. The number of carbonyl (C=O) groups excluding carboxylic acids is 1. The van der Waals surface area contributed by atoms with Crippen molar-refractivity contribution in [3.05, 3.63) is 91.7 Å². The number of anilines is 2. The first-order chi connectivity index (χ1) is 15.9. The lowest BCUT2D eigenvalue weighted by molar-refractivity contribution is 0.0955. The molecule has 0 bridgehead atoms. The highest BCUT2D eigenvalue weighted by Gasteiger charge is 2.09. The van der Waals surface area contributed by atoms with E-state index < -0.39 is 0 Å². The molecule has 10 heteroatoms. The first-order valence-electron chi connectivity index (χ1n) is 9.49. The summed E-state index contributed by atoms with van der Waals surface area (Å²) in [6.45, 7) is 0. The van der Waals surface area contributed by atoms with Crippen molar-refractivity contribution >= 4 is 73.4 Å². The molecular formula is C23H15BrCl2N4O2S. The number of carbonyl (C=O) groups is 1. The minimum Gasteiger partial charge on any atom is -0.506 e.